The van der Waals surface area contributed by atoms with E-state index in [0.717, 1.165) is 28.3 Å². The molecule has 27 heavy (non-hydrogen) atoms. The predicted octanol–water partition coefficient (Wildman–Crippen LogP) is 3.67. The van der Waals surface area contributed by atoms with Gasteiger partial charge in [0.25, 0.3) is 5.91 Å². The lowest BCUT2D eigenvalue weighted by molar-refractivity contribution is 0.0980. The standard InChI is InChI=1S/C19H25N5OS.ClH/c1-13-11-14(2)17-16(12-13)20-19(26-17)24(9-6-8-22(3)4)18(25)15-7-10-23(5)21-15;/h7,10-12H,6,8-9H2,1-5H3;1H. The lowest BCUT2D eigenvalue weighted by Gasteiger charge is -2.20. The van der Waals surface area contributed by atoms with Gasteiger partial charge in [-0.1, -0.05) is 17.4 Å². The summed E-state index contributed by atoms with van der Waals surface area (Å²) in [5.41, 5.74) is 3.78. The van der Waals surface area contributed by atoms with Gasteiger partial charge < -0.3 is 4.90 Å². The number of rotatable bonds is 6. The molecule has 0 saturated carbocycles. The Morgan fingerprint density at radius 2 is 1.96 bits per heavy atom. The SMILES string of the molecule is Cc1cc(C)c2sc(N(CCCN(C)C)C(=O)c3ccn(C)n3)nc2c1.Cl. The highest BCUT2D eigenvalue weighted by molar-refractivity contribution is 7.22. The Balaban J connectivity index is 0.00000261. The number of anilines is 1. The van der Waals surface area contributed by atoms with Crippen LogP contribution in [0.4, 0.5) is 5.13 Å². The second-order valence-electron chi connectivity index (χ2n) is 6.91. The summed E-state index contributed by atoms with van der Waals surface area (Å²) in [6.07, 6.45) is 2.66. The maximum atomic E-state index is 13.1. The monoisotopic (exact) mass is 407 g/mol. The lowest BCUT2D eigenvalue weighted by atomic mass is 10.1. The Hall–Kier alpha value is -1.96. The van der Waals surface area contributed by atoms with Crippen molar-refractivity contribution < 1.29 is 4.79 Å². The van der Waals surface area contributed by atoms with E-state index in [9.17, 15) is 4.79 Å². The van der Waals surface area contributed by atoms with Crippen LogP contribution < -0.4 is 4.90 Å². The van der Waals surface area contributed by atoms with E-state index in [1.54, 1.807) is 33.2 Å². The Bertz CT molecular complexity index is 933. The van der Waals surface area contributed by atoms with Gasteiger partial charge in [0.15, 0.2) is 10.8 Å². The summed E-state index contributed by atoms with van der Waals surface area (Å²) >= 11 is 1.58. The summed E-state index contributed by atoms with van der Waals surface area (Å²) in [7, 11) is 5.89. The number of carbonyl (C=O) groups is 1. The lowest BCUT2D eigenvalue weighted by Crippen LogP contribution is -2.33. The molecule has 0 aliphatic heterocycles. The summed E-state index contributed by atoms with van der Waals surface area (Å²) < 4.78 is 2.79. The molecule has 6 nitrogen and oxygen atoms in total. The molecular formula is C19H26ClN5OS. The highest BCUT2D eigenvalue weighted by Gasteiger charge is 2.23. The van der Waals surface area contributed by atoms with Gasteiger partial charge >= 0.3 is 0 Å². The number of benzene rings is 1. The van der Waals surface area contributed by atoms with Crippen molar-refractivity contribution >= 4 is 45.0 Å². The van der Waals surface area contributed by atoms with Crippen LogP contribution >= 0.6 is 23.7 Å². The molecular weight excluding hydrogens is 382 g/mol. The van der Waals surface area contributed by atoms with E-state index < -0.39 is 0 Å². The summed E-state index contributed by atoms with van der Waals surface area (Å²) in [5.74, 6) is -0.0993. The van der Waals surface area contributed by atoms with Crippen LogP contribution in [-0.2, 0) is 7.05 Å². The molecule has 3 rings (SSSR count). The average molecular weight is 408 g/mol. The van der Waals surface area contributed by atoms with Crippen molar-refractivity contribution in [2.24, 2.45) is 7.05 Å². The number of hydrogen-bond acceptors (Lipinski definition) is 5. The first-order chi connectivity index (χ1) is 12.3. The van der Waals surface area contributed by atoms with Crippen LogP contribution in [0.2, 0.25) is 0 Å². The first-order valence-electron chi connectivity index (χ1n) is 8.69. The molecule has 0 saturated heterocycles. The van der Waals surface area contributed by atoms with E-state index in [0.29, 0.717) is 12.2 Å². The minimum absolute atomic E-state index is 0. The van der Waals surface area contributed by atoms with Gasteiger partial charge in [-0.2, -0.15) is 5.10 Å². The minimum atomic E-state index is -0.0993. The Kier molecular flexibility index (Phi) is 6.97. The molecule has 0 spiro atoms. The number of aryl methyl sites for hydroxylation is 3. The second kappa shape index (κ2) is 8.82. The number of amides is 1. The van der Waals surface area contributed by atoms with Gasteiger partial charge in [0.1, 0.15) is 0 Å². The number of aromatic nitrogens is 3. The van der Waals surface area contributed by atoms with Gasteiger partial charge in [0, 0.05) is 19.8 Å². The first kappa shape index (κ1) is 21.3. The third-order valence-electron chi connectivity index (χ3n) is 4.20. The van der Waals surface area contributed by atoms with Crippen molar-refractivity contribution in [3.05, 3.63) is 41.2 Å². The van der Waals surface area contributed by atoms with Crippen LogP contribution in [-0.4, -0.2) is 52.8 Å². The second-order valence-corrected chi connectivity index (χ2v) is 7.89. The fraction of sp³-hybridized carbons (Fsp3) is 0.421. The Morgan fingerprint density at radius 1 is 1.22 bits per heavy atom. The van der Waals surface area contributed by atoms with E-state index in [2.05, 4.69) is 36.0 Å². The molecule has 8 heteroatoms. The smallest absolute Gasteiger partial charge is 0.280 e. The molecule has 1 amide bonds. The zero-order valence-electron chi connectivity index (χ0n) is 16.4. The molecule has 0 atom stereocenters. The molecule has 0 aliphatic carbocycles. The number of halogens is 1. The van der Waals surface area contributed by atoms with Gasteiger partial charge in [-0.15, -0.1) is 12.4 Å². The van der Waals surface area contributed by atoms with Gasteiger partial charge in [0.2, 0.25) is 0 Å². The highest BCUT2D eigenvalue weighted by atomic mass is 35.5. The molecule has 0 radical (unpaired) electrons. The number of thiazole rings is 1. The van der Waals surface area contributed by atoms with E-state index >= 15 is 0 Å². The quantitative estimate of drug-likeness (QED) is 0.625. The zero-order valence-corrected chi connectivity index (χ0v) is 18.0. The molecule has 0 fully saturated rings. The number of nitrogens with zero attached hydrogens (tertiary/aromatic N) is 5. The van der Waals surface area contributed by atoms with Crippen molar-refractivity contribution in [1.29, 1.82) is 0 Å². The normalized spacial score (nSPS) is 11.0. The summed E-state index contributed by atoms with van der Waals surface area (Å²) in [6.45, 7) is 5.69. The van der Waals surface area contributed by atoms with Crippen molar-refractivity contribution in [1.82, 2.24) is 19.7 Å². The molecule has 0 aliphatic rings. The summed E-state index contributed by atoms with van der Waals surface area (Å²) in [4.78, 5) is 21.7. The largest absolute Gasteiger partial charge is 0.309 e. The maximum Gasteiger partial charge on any atom is 0.280 e. The number of fused-ring (bicyclic) bond motifs is 1. The minimum Gasteiger partial charge on any atom is -0.309 e. The van der Waals surface area contributed by atoms with E-state index in [4.69, 9.17) is 4.98 Å². The first-order valence-corrected chi connectivity index (χ1v) is 9.51. The topological polar surface area (TPSA) is 54.3 Å². The van der Waals surface area contributed by atoms with Crippen molar-refractivity contribution in [3.8, 4) is 0 Å². The predicted molar refractivity (Wildman–Crippen MR) is 114 cm³/mol. The fourth-order valence-corrected chi connectivity index (χ4v) is 4.02. The third-order valence-corrected chi connectivity index (χ3v) is 5.43. The molecule has 0 N–H and O–H groups in total. The highest BCUT2D eigenvalue weighted by Crippen LogP contribution is 2.32. The van der Waals surface area contributed by atoms with E-state index in [1.165, 1.54) is 11.1 Å². The number of carbonyl (C=O) groups excluding carboxylic acids is 1. The number of hydrogen-bond donors (Lipinski definition) is 0. The molecule has 3 aromatic rings. The maximum absolute atomic E-state index is 13.1. The van der Waals surface area contributed by atoms with Crippen LogP contribution in [0.25, 0.3) is 10.2 Å². The average Bonchev–Trinajstić information content (AvgIpc) is 3.17. The molecule has 0 bridgehead atoms. The molecule has 0 unspecified atom stereocenters. The van der Waals surface area contributed by atoms with Crippen LogP contribution in [0.15, 0.2) is 24.4 Å². The zero-order chi connectivity index (χ0) is 18.8. The molecule has 1 aromatic carbocycles. The molecule has 2 heterocycles. The Morgan fingerprint density at radius 3 is 2.59 bits per heavy atom. The Labute approximate surface area is 170 Å². The van der Waals surface area contributed by atoms with Crippen molar-refractivity contribution in [2.45, 2.75) is 20.3 Å². The van der Waals surface area contributed by atoms with Gasteiger partial charge in [-0.05, 0) is 64.2 Å². The molecule has 2 aromatic heterocycles. The van der Waals surface area contributed by atoms with Crippen molar-refractivity contribution in [2.75, 3.05) is 32.1 Å². The summed E-state index contributed by atoms with van der Waals surface area (Å²) in [5, 5.41) is 5.02. The van der Waals surface area contributed by atoms with Crippen molar-refractivity contribution in [3.63, 3.8) is 0 Å². The van der Waals surface area contributed by atoms with Gasteiger partial charge in [-0.25, -0.2) is 4.98 Å². The third kappa shape index (κ3) is 4.86. The van der Waals surface area contributed by atoms with E-state index in [1.807, 2.05) is 21.1 Å². The summed E-state index contributed by atoms with van der Waals surface area (Å²) in [6, 6.07) is 5.98. The van der Waals surface area contributed by atoms with Crippen LogP contribution in [0.5, 0.6) is 0 Å². The van der Waals surface area contributed by atoms with Gasteiger partial charge in [0.05, 0.1) is 10.2 Å². The molecule has 146 valence electrons. The van der Waals surface area contributed by atoms with Gasteiger partial charge in [-0.3, -0.25) is 14.4 Å². The van der Waals surface area contributed by atoms with Crippen LogP contribution in [0.1, 0.15) is 28.0 Å². The fourth-order valence-electron chi connectivity index (χ4n) is 2.98. The van der Waals surface area contributed by atoms with Crippen LogP contribution in [0, 0.1) is 13.8 Å². The van der Waals surface area contributed by atoms with Crippen LogP contribution in [0.3, 0.4) is 0 Å². The van der Waals surface area contributed by atoms with E-state index in [-0.39, 0.29) is 18.3 Å².